The fraction of sp³-hybridized carbons (Fsp3) is 0.583. The van der Waals surface area contributed by atoms with Gasteiger partial charge in [-0.2, -0.15) is 5.10 Å². The van der Waals surface area contributed by atoms with Gasteiger partial charge in [0.05, 0.1) is 12.2 Å². The van der Waals surface area contributed by atoms with Crippen molar-refractivity contribution >= 4 is 12.0 Å². The van der Waals surface area contributed by atoms with Crippen LogP contribution >= 0.6 is 0 Å². The van der Waals surface area contributed by atoms with Crippen LogP contribution < -0.4 is 10.6 Å². The molecule has 0 radical (unpaired) electrons. The minimum absolute atomic E-state index is 0.0527. The molecular weight excluding hydrogens is 248 g/mol. The van der Waals surface area contributed by atoms with Crippen molar-refractivity contribution in [2.24, 2.45) is 7.05 Å². The van der Waals surface area contributed by atoms with Gasteiger partial charge in [0.25, 0.3) is 0 Å². The number of carbonyl (C=O) groups excluding carboxylic acids is 1. The Bertz CT molecular complexity index is 430. The topological polar surface area (TPSA) is 96.3 Å². The third-order valence-electron chi connectivity index (χ3n) is 2.60. The Hall–Kier alpha value is -2.05. The zero-order valence-electron chi connectivity index (χ0n) is 11.2. The fourth-order valence-corrected chi connectivity index (χ4v) is 1.63. The number of hydrogen-bond acceptors (Lipinski definition) is 3. The molecule has 0 aromatic carbocycles. The molecule has 0 fully saturated rings. The fourth-order valence-electron chi connectivity index (χ4n) is 1.63. The summed E-state index contributed by atoms with van der Waals surface area (Å²) in [5, 5.41) is 18.1. The summed E-state index contributed by atoms with van der Waals surface area (Å²) in [7, 11) is 1.81. The van der Waals surface area contributed by atoms with Crippen LogP contribution in [0.2, 0.25) is 0 Å². The van der Waals surface area contributed by atoms with E-state index in [9.17, 15) is 9.59 Å². The third-order valence-corrected chi connectivity index (χ3v) is 2.60. The standard InChI is InChI=1S/C12H20N4O3/c1-9(4-3-5-11(17)18)14-12(19)13-8-10-6-7-16(2)15-10/h6-7,9H,3-5,8H2,1-2H3,(H,17,18)(H2,13,14,19). The Morgan fingerprint density at radius 3 is 2.84 bits per heavy atom. The lowest BCUT2D eigenvalue weighted by molar-refractivity contribution is -0.137. The second kappa shape index (κ2) is 7.40. The molecule has 0 spiro atoms. The maximum atomic E-state index is 11.6. The highest BCUT2D eigenvalue weighted by Gasteiger charge is 2.08. The molecule has 0 aliphatic rings. The molecule has 0 saturated carbocycles. The Morgan fingerprint density at radius 1 is 1.53 bits per heavy atom. The molecule has 106 valence electrons. The van der Waals surface area contributed by atoms with Crippen molar-refractivity contribution in [3.8, 4) is 0 Å². The van der Waals surface area contributed by atoms with Crippen molar-refractivity contribution in [2.45, 2.75) is 38.8 Å². The molecule has 0 aliphatic heterocycles. The first-order valence-corrected chi connectivity index (χ1v) is 6.22. The zero-order chi connectivity index (χ0) is 14.3. The highest BCUT2D eigenvalue weighted by molar-refractivity contribution is 5.74. The lowest BCUT2D eigenvalue weighted by Gasteiger charge is -2.13. The maximum Gasteiger partial charge on any atom is 0.315 e. The summed E-state index contributed by atoms with van der Waals surface area (Å²) in [4.78, 5) is 21.9. The quantitative estimate of drug-likeness (QED) is 0.683. The largest absolute Gasteiger partial charge is 0.481 e. The van der Waals surface area contributed by atoms with Crippen LogP contribution in [0.1, 0.15) is 31.9 Å². The SMILES string of the molecule is CC(CCCC(=O)O)NC(=O)NCc1ccn(C)n1. The molecule has 1 aromatic heterocycles. The molecule has 3 N–H and O–H groups in total. The van der Waals surface area contributed by atoms with E-state index in [4.69, 9.17) is 5.11 Å². The Labute approximate surface area is 112 Å². The Morgan fingerprint density at radius 2 is 2.26 bits per heavy atom. The smallest absolute Gasteiger partial charge is 0.315 e. The zero-order valence-corrected chi connectivity index (χ0v) is 11.2. The summed E-state index contributed by atoms with van der Waals surface area (Å²) in [5.74, 6) is -0.813. The Balaban J connectivity index is 2.17. The molecule has 1 aromatic rings. The molecule has 0 aliphatic carbocycles. The molecule has 1 rings (SSSR count). The molecule has 1 atom stereocenters. The molecule has 7 heteroatoms. The van der Waals surface area contributed by atoms with Gasteiger partial charge in [-0.1, -0.05) is 0 Å². The lowest BCUT2D eigenvalue weighted by Crippen LogP contribution is -2.40. The molecule has 1 unspecified atom stereocenters. The van der Waals surface area contributed by atoms with Crippen molar-refractivity contribution in [3.63, 3.8) is 0 Å². The van der Waals surface area contributed by atoms with Gasteiger partial charge in [0, 0.05) is 25.7 Å². The predicted molar refractivity (Wildman–Crippen MR) is 69.5 cm³/mol. The van der Waals surface area contributed by atoms with Gasteiger partial charge in [0.2, 0.25) is 0 Å². The summed E-state index contributed by atoms with van der Waals surface area (Å²) in [6, 6.07) is 1.51. The van der Waals surface area contributed by atoms with Crippen LogP contribution in [-0.4, -0.2) is 32.9 Å². The van der Waals surface area contributed by atoms with Gasteiger partial charge >= 0.3 is 12.0 Å². The van der Waals surface area contributed by atoms with Crippen LogP contribution in [0.15, 0.2) is 12.3 Å². The van der Waals surface area contributed by atoms with E-state index in [1.807, 2.05) is 26.2 Å². The highest BCUT2D eigenvalue weighted by Crippen LogP contribution is 2.00. The summed E-state index contributed by atoms with van der Waals surface area (Å²) in [6.07, 6.45) is 3.13. The Kier molecular flexibility index (Phi) is 5.84. The van der Waals surface area contributed by atoms with E-state index < -0.39 is 5.97 Å². The van der Waals surface area contributed by atoms with Crippen molar-refractivity contribution in [1.29, 1.82) is 0 Å². The van der Waals surface area contributed by atoms with Crippen LogP contribution in [0, 0.1) is 0 Å². The van der Waals surface area contributed by atoms with E-state index in [0.29, 0.717) is 19.4 Å². The first kappa shape index (κ1) is 15.0. The van der Waals surface area contributed by atoms with Crippen molar-refractivity contribution in [1.82, 2.24) is 20.4 Å². The van der Waals surface area contributed by atoms with Gasteiger partial charge in [-0.3, -0.25) is 9.48 Å². The normalized spacial score (nSPS) is 11.9. The molecule has 0 bridgehead atoms. The van der Waals surface area contributed by atoms with E-state index in [1.165, 1.54) is 0 Å². The van der Waals surface area contributed by atoms with Crippen molar-refractivity contribution < 1.29 is 14.7 Å². The molecule has 0 saturated heterocycles. The summed E-state index contributed by atoms with van der Waals surface area (Å²) in [5.41, 5.74) is 0.788. The van der Waals surface area contributed by atoms with Gasteiger partial charge in [0.15, 0.2) is 0 Å². The number of aromatic nitrogens is 2. The second-order valence-electron chi connectivity index (χ2n) is 4.49. The van der Waals surface area contributed by atoms with Crippen LogP contribution in [-0.2, 0) is 18.4 Å². The third kappa shape index (κ3) is 6.44. The van der Waals surface area contributed by atoms with Gasteiger partial charge in [0.1, 0.15) is 0 Å². The first-order chi connectivity index (χ1) is 8.97. The van der Waals surface area contributed by atoms with E-state index in [0.717, 1.165) is 5.69 Å². The number of carboxylic acid groups (broad SMARTS) is 1. The number of rotatable bonds is 7. The maximum absolute atomic E-state index is 11.6. The number of amides is 2. The number of hydrogen-bond donors (Lipinski definition) is 3. The lowest BCUT2D eigenvalue weighted by atomic mass is 10.1. The minimum Gasteiger partial charge on any atom is -0.481 e. The molecule has 2 amide bonds. The average molecular weight is 268 g/mol. The summed E-state index contributed by atoms with van der Waals surface area (Å²) in [6.45, 7) is 2.22. The second-order valence-corrected chi connectivity index (χ2v) is 4.49. The number of aliphatic carboxylic acids is 1. The van der Waals surface area contributed by atoms with Crippen LogP contribution in [0.3, 0.4) is 0 Å². The highest BCUT2D eigenvalue weighted by atomic mass is 16.4. The van der Waals surface area contributed by atoms with E-state index in [-0.39, 0.29) is 18.5 Å². The van der Waals surface area contributed by atoms with Gasteiger partial charge < -0.3 is 15.7 Å². The first-order valence-electron chi connectivity index (χ1n) is 6.22. The van der Waals surface area contributed by atoms with Crippen LogP contribution in [0.4, 0.5) is 4.79 Å². The molecule has 19 heavy (non-hydrogen) atoms. The number of aryl methyl sites for hydroxylation is 1. The van der Waals surface area contributed by atoms with E-state index in [2.05, 4.69) is 15.7 Å². The molecular formula is C12H20N4O3. The number of nitrogens with one attached hydrogen (secondary N) is 2. The number of carbonyl (C=O) groups is 2. The van der Waals surface area contributed by atoms with E-state index in [1.54, 1.807) is 4.68 Å². The van der Waals surface area contributed by atoms with Gasteiger partial charge in [-0.05, 0) is 25.8 Å². The van der Waals surface area contributed by atoms with Gasteiger partial charge in [-0.15, -0.1) is 0 Å². The van der Waals surface area contributed by atoms with Gasteiger partial charge in [-0.25, -0.2) is 4.79 Å². The molecule has 7 nitrogen and oxygen atoms in total. The van der Waals surface area contributed by atoms with E-state index >= 15 is 0 Å². The number of urea groups is 1. The number of nitrogens with zero attached hydrogens (tertiary/aromatic N) is 2. The van der Waals surface area contributed by atoms with Crippen LogP contribution in [0.5, 0.6) is 0 Å². The van der Waals surface area contributed by atoms with Crippen LogP contribution in [0.25, 0.3) is 0 Å². The minimum atomic E-state index is -0.813. The van der Waals surface area contributed by atoms with Crippen molar-refractivity contribution in [2.75, 3.05) is 0 Å². The summed E-state index contributed by atoms with van der Waals surface area (Å²) < 4.78 is 1.67. The van der Waals surface area contributed by atoms with Crippen molar-refractivity contribution in [3.05, 3.63) is 18.0 Å². The monoisotopic (exact) mass is 268 g/mol. The number of carboxylic acids is 1. The molecule has 1 heterocycles. The predicted octanol–water partition coefficient (Wildman–Crippen LogP) is 0.863. The average Bonchev–Trinajstić information content (AvgIpc) is 2.72. The summed E-state index contributed by atoms with van der Waals surface area (Å²) >= 11 is 0.